The third-order valence-corrected chi connectivity index (χ3v) is 2.70. The van der Waals surface area contributed by atoms with Crippen LogP contribution in [0.1, 0.15) is 5.56 Å². The lowest BCUT2D eigenvalue weighted by atomic mass is 10.4. The van der Waals surface area contributed by atoms with Crippen molar-refractivity contribution in [2.45, 2.75) is 12.1 Å². The van der Waals surface area contributed by atoms with Crippen molar-refractivity contribution in [2.75, 3.05) is 6.26 Å². The Hall–Kier alpha value is -0.480. The molecule has 1 rings (SSSR count). The van der Waals surface area contributed by atoms with Gasteiger partial charge in [0.2, 0.25) is 0 Å². The summed E-state index contributed by atoms with van der Waals surface area (Å²) < 4.78 is 1.49. The predicted molar refractivity (Wildman–Crippen MR) is 51.0 cm³/mol. The molecule has 0 aliphatic rings. The predicted octanol–water partition coefficient (Wildman–Crippen LogP) is 1.46. The number of hydrogen-bond acceptors (Lipinski definition) is 3. The van der Waals surface area contributed by atoms with Gasteiger partial charge in [0.1, 0.15) is 5.15 Å². The quantitative estimate of drug-likeness (QED) is 0.395. The zero-order valence-corrected chi connectivity index (χ0v) is 8.66. The molecule has 1 heterocycles. The molecular weight excluding hydrogens is 196 g/mol. The molecule has 0 bridgehead atoms. The summed E-state index contributed by atoms with van der Waals surface area (Å²) in [5.41, 5.74) is 0.413. The maximum Gasteiger partial charge on any atom is 0.258 e. The lowest BCUT2D eigenvalue weighted by Gasteiger charge is -2.05. The average Bonchev–Trinajstić information content (AvgIpc) is 2.08. The van der Waals surface area contributed by atoms with E-state index in [9.17, 15) is 4.79 Å². The van der Waals surface area contributed by atoms with Crippen LogP contribution < -0.4 is 5.56 Å². The number of nitrogens with zero attached hydrogens (tertiary/aromatic N) is 2. The van der Waals surface area contributed by atoms with Crippen LogP contribution in [0.2, 0.25) is 5.15 Å². The van der Waals surface area contributed by atoms with E-state index in [-0.39, 0.29) is 5.56 Å². The van der Waals surface area contributed by atoms with E-state index in [0.717, 1.165) is 0 Å². The second kappa shape index (κ2) is 3.49. The maximum absolute atomic E-state index is 11.4. The first kappa shape index (κ1) is 9.61. The third-order valence-electron chi connectivity index (χ3n) is 1.60. The first-order chi connectivity index (χ1) is 5.57. The van der Waals surface area contributed by atoms with Crippen LogP contribution in [0.15, 0.2) is 9.95 Å². The molecule has 0 aliphatic carbocycles. The number of aromatic nitrogens is 2. The van der Waals surface area contributed by atoms with E-state index in [4.69, 9.17) is 11.6 Å². The summed E-state index contributed by atoms with van der Waals surface area (Å²) in [6.45, 7) is 1.67. The molecule has 0 unspecified atom stereocenters. The summed E-state index contributed by atoms with van der Waals surface area (Å²) in [5, 5.41) is 0.929. The van der Waals surface area contributed by atoms with E-state index in [1.807, 2.05) is 6.26 Å². The minimum atomic E-state index is -0.0839. The topological polar surface area (TPSA) is 34.9 Å². The fraction of sp³-hybridized carbons (Fsp3) is 0.429. The molecule has 0 amide bonds. The summed E-state index contributed by atoms with van der Waals surface area (Å²) in [4.78, 5) is 15.4. The Balaban J connectivity index is 3.50. The zero-order chi connectivity index (χ0) is 9.30. The molecule has 66 valence electrons. The van der Waals surface area contributed by atoms with Crippen LogP contribution in [0, 0.1) is 6.92 Å². The molecule has 0 spiro atoms. The number of rotatable bonds is 1. The molecule has 5 heteroatoms. The van der Waals surface area contributed by atoms with E-state index in [1.165, 1.54) is 16.3 Å². The number of hydrogen-bond donors (Lipinski definition) is 0. The highest BCUT2D eigenvalue weighted by molar-refractivity contribution is 7.98. The SMILES string of the molecule is CSc1nc(Cl)c(C)c(=O)n1C. The third kappa shape index (κ3) is 1.49. The van der Waals surface area contributed by atoms with E-state index in [1.54, 1.807) is 14.0 Å². The van der Waals surface area contributed by atoms with Gasteiger partial charge in [-0.25, -0.2) is 4.98 Å². The van der Waals surface area contributed by atoms with Gasteiger partial charge in [-0.1, -0.05) is 23.4 Å². The van der Waals surface area contributed by atoms with Crippen molar-refractivity contribution in [2.24, 2.45) is 7.05 Å². The van der Waals surface area contributed by atoms with Crippen LogP contribution in [0.3, 0.4) is 0 Å². The van der Waals surface area contributed by atoms with Gasteiger partial charge in [-0.15, -0.1) is 0 Å². The van der Waals surface area contributed by atoms with Gasteiger partial charge < -0.3 is 0 Å². The van der Waals surface area contributed by atoms with E-state index >= 15 is 0 Å². The first-order valence-electron chi connectivity index (χ1n) is 3.35. The Morgan fingerprint density at radius 3 is 2.67 bits per heavy atom. The summed E-state index contributed by atoms with van der Waals surface area (Å²) in [5.74, 6) is 0. The molecular formula is C7H9ClN2OS. The Morgan fingerprint density at radius 2 is 2.17 bits per heavy atom. The minimum Gasteiger partial charge on any atom is -0.290 e. The van der Waals surface area contributed by atoms with Gasteiger partial charge in [-0.05, 0) is 13.2 Å². The standard InChI is InChI=1S/C7H9ClN2OS/c1-4-5(8)9-7(12-3)10(2)6(4)11/h1-3H3. The molecule has 0 atom stereocenters. The largest absolute Gasteiger partial charge is 0.290 e. The van der Waals surface area contributed by atoms with Crippen LogP contribution in [-0.4, -0.2) is 15.8 Å². The fourth-order valence-electron chi connectivity index (χ4n) is 0.852. The Bertz CT molecular complexity index is 361. The van der Waals surface area contributed by atoms with Crippen LogP contribution in [-0.2, 0) is 7.05 Å². The number of halogens is 1. The summed E-state index contributed by atoms with van der Waals surface area (Å²) in [7, 11) is 1.69. The summed E-state index contributed by atoms with van der Waals surface area (Å²) in [6.07, 6.45) is 1.85. The zero-order valence-electron chi connectivity index (χ0n) is 7.09. The average molecular weight is 205 g/mol. The summed E-state index contributed by atoms with van der Waals surface area (Å²) >= 11 is 7.13. The molecule has 0 radical (unpaired) electrons. The van der Waals surface area contributed by atoms with E-state index in [2.05, 4.69) is 4.98 Å². The van der Waals surface area contributed by atoms with Crippen LogP contribution >= 0.6 is 23.4 Å². The Kier molecular flexibility index (Phi) is 2.80. The van der Waals surface area contributed by atoms with Gasteiger partial charge in [-0.2, -0.15) is 0 Å². The van der Waals surface area contributed by atoms with Gasteiger partial charge in [0.15, 0.2) is 5.16 Å². The van der Waals surface area contributed by atoms with Crippen molar-refractivity contribution in [1.29, 1.82) is 0 Å². The lowest BCUT2D eigenvalue weighted by molar-refractivity contribution is 0.701. The maximum atomic E-state index is 11.4. The molecule has 0 saturated carbocycles. The molecule has 0 fully saturated rings. The monoisotopic (exact) mass is 204 g/mol. The van der Waals surface area contributed by atoms with Gasteiger partial charge in [0, 0.05) is 7.05 Å². The summed E-state index contributed by atoms with van der Waals surface area (Å²) in [6, 6.07) is 0. The second-order valence-electron chi connectivity index (χ2n) is 2.38. The van der Waals surface area contributed by atoms with Crippen molar-refractivity contribution in [3.8, 4) is 0 Å². The van der Waals surface area contributed by atoms with Crippen molar-refractivity contribution >= 4 is 23.4 Å². The normalized spacial score (nSPS) is 10.3. The van der Waals surface area contributed by atoms with Crippen molar-refractivity contribution in [3.63, 3.8) is 0 Å². The van der Waals surface area contributed by atoms with E-state index in [0.29, 0.717) is 15.9 Å². The molecule has 0 N–H and O–H groups in total. The van der Waals surface area contributed by atoms with Crippen molar-refractivity contribution in [3.05, 3.63) is 21.1 Å². The van der Waals surface area contributed by atoms with Crippen molar-refractivity contribution < 1.29 is 0 Å². The Morgan fingerprint density at radius 1 is 1.58 bits per heavy atom. The molecule has 1 aromatic rings. The number of thioether (sulfide) groups is 1. The first-order valence-corrected chi connectivity index (χ1v) is 4.95. The smallest absolute Gasteiger partial charge is 0.258 e. The van der Waals surface area contributed by atoms with Gasteiger partial charge in [0.25, 0.3) is 5.56 Å². The minimum absolute atomic E-state index is 0.0839. The second-order valence-corrected chi connectivity index (χ2v) is 3.51. The van der Waals surface area contributed by atoms with Crippen molar-refractivity contribution in [1.82, 2.24) is 9.55 Å². The van der Waals surface area contributed by atoms with E-state index < -0.39 is 0 Å². The molecule has 0 aromatic carbocycles. The molecule has 12 heavy (non-hydrogen) atoms. The molecule has 0 saturated heterocycles. The molecule has 1 aromatic heterocycles. The van der Waals surface area contributed by atoms with Crippen LogP contribution in [0.5, 0.6) is 0 Å². The highest BCUT2D eigenvalue weighted by Gasteiger charge is 2.07. The van der Waals surface area contributed by atoms with Crippen LogP contribution in [0.4, 0.5) is 0 Å². The molecule has 0 aliphatic heterocycles. The van der Waals surface area contributed by atoms with Gasteiger partial charge >= 0.3 is 0 Å². The van der Waals surface area contributed by atoms with Gasteiger partial charge in [-0.3, -0.25) is 9.36 Å². The lowest BCUT2D eigenvalue weighted by Crippen LogP contribution is -2.22. The Labute approximate surface area is 79.8 Å². The van der Waals surface area contributed by atoms with Crippen LogP contribution in [0.25, 0.3) is 0 Å². The highest BCUT2D eigenvalue weighted by Crippen LogP contribution is 2.14. The highest BCUT2D eigenvalue weighted by atomic mass is 35.5. The van der Waals surface area contributed by atoms with Gasteiger partial charge in [0.05, 0.1) is 5.56 Å². The molecule has 3 nitrogen and oxygen atoms in total. The fourth-order valence-corrected chi connectivity index (χ4v) is 1.60.